The highest BCUT2D eigenvalue weighted by molar-refractivity contribution is 5.71. The number of carbonyl (C=O) groups excluding carboxylic acids is 3. The minimum atomic E-state index is -0.760. The maximum absolute atomic E-state index is 12.7. The van der Waals surface area contributed by atoms with Crippen LogP contribution in [0.1, 0.15) is 266 Å². The number of unbranched alkanes of at least 4 members (excludes halogenated alkanes) is 28. The van der Waals surface area contributed by atoms with Crippen LogP contribution in [-0.4, -0.2) is 37.2 Å². The van der Waals surface area contributed by atoms with Gasteiger partial charge in [0.1, 0.15) is 13.2 Å². The van der Waals surface area contributed by atoms with E-state index in [1.165, 1.54) is 154 Å². The molecule has 0 saturated heterocycles. The van der Waals surface area contributed by atoms with Gasteiger partial charge in [0.05, 0.1) is 0 Å². The van der Waals surface area contributed by atoms with Gasteiger partial charge >= 0.3 is 17.9 Å². The molecule has 0 aliphatic heterocycles. The zero-order valence-electron chi connectivity index (χ0n) is 37.6. The Morgan fingerprint density at radius 3 is 0.891 bits per heavy atom. The Morgan fingerprint density at radius 2 is 0.600 bits per heavy atom. The zero-order valence-corrected chi connectivity index (χ0v) is 37.6. The molecule has 6 nitrogen and oxygen atoms in total. The highest BCUT2D eigenvalue weighted by Gasteiger charge is 2.19. The molecule has 1 atom stereocenters. The summed E-state index contributed by atoms with van der Waals surface area (Å²) in [7, 11) is 0. The van der Waals surface area contributed by atoms with E-state index in [1.54, 1.807) is 0 Å². The van der Waals surface area contributed by atoms with Crippen LogP contribution >= 0.6 is 0 Å². The van der Waals surface area contributed by atoms with Crippen LogP contribution in [0.4, 0.5) is 0 Å². The second kappa shape index (κ2) is 42.0. The summed E-state index contributed by atoms with van der Waals surface area (Å²) in [5.41, 5.74) is 0. The third-order valence-electron chi connectivity index (χ3n) is 11.0. The fourth-order valence-corrected chi connectivity index (χ4v) is 7.28. The summed E-state index contributed by atoms with van der Waals surface area (Å²) in [6.07, 6.45) is 41.0. The fourth-order valence-electron chi connectivity index (χ4n) is 7.28. The quantitative estimate of drug-likeness (QED) is 0.0348. The van der Waals surface area contributed by atoms with E-state index in [-0.39, 0.29) is 31.1 Å². The number of rotatable bonds is 43. The van der Waals surface area contributed by atoms with Gasteiger partial charge in [-0.15, -0.1) is 0 Å². The Labute approximate surface area is 342 Å². The minimum absolute atomic E-state index is 0.0646. The average Bonchev–Trinajstić information content (AvgIpc) is 3.15. The first-order valence-corrected chi connectivity index (χ1v) is 24.2. The van der Waals surface area contributed by atoms with Crippen molar-refractivity contribution in [3.05, 3.63) is 0 Å². The third kappa shape index (κ3) is 43.4. The number of ether oxygens (including phenoxy) is 3. The van der Waals surface area contributed by atoms with Crippen LogP contribution in [0, 0.1) is 11.8 Å². The minimum Gasteiger partial charge on any atom is -0.462 e. The summed E-state index contributed by atoms with van der Waals surface area (Å²) in [4.78, 5) is 37.7. The highest BCUT2D eigenvalue weighted by atomic mass is 16.6. The van der Waals surface area contributed by atoms with Crippen molar-refractivity contribution in [3.8, 4) is 0 Å². The van der Waals surface area contributed by atoms with Crippen molar-refractivity contribution in [2.75, 3.05) is 13.2 Å². The molecular formula is C49H94O6. The molecule has 0 saturated carbocycles. The van der Waals surface area contributed by atoms with Crippen LogP contribution < -0.4 is 0 Å². The fraction of sp³-hybridized carbons (Fsp3) is 0.939. The lowest BCUT2D eigenvalue weighted by atomic mass is 10.0. The predicted molar refractivity (Wildman–Crippen MR) is 233 cm³/mol. The van der Waals surface area contributed by atoms with E-state index in [0.29, 0.717) is 19.3 Å². The van der Waals surface area contributed by atoms with Gasteiger partial charge < -0.3 is 14.2 Å². The van der Waals surface area contributed by atoms with Gasteiger partial charge in [0, 0.05) is 19.3 Å². The number of esters is 3. The van der Waals surface area contributed by atoms with Gasteiger partial charge in [-0.05, 0) is 31.1 Å². The predicted octanol–water partition coefficient (Wildman–Crippen LogP) is 15.4. The van der Waals surface area contributed by atoms with Gasteiger partial charge in [-0.3, -0.25) is 14.4 Å². The van der Waals surface area contributed by atoms with Crippen molar-refractivity contribution in [3.63, 3.8) is 0 Å². The summed E-state index contributed by atoms with van der Waals surface area (Å²) in [6.45, 7) is 11.3. The Hall–Kier alpha value is -1.59. The molecule has 0 unspecified atom stereocenters. The smallest absolute Gasteiger partial charge is 0.306 e. The van der Waals surface area contributed by atoms with E-state index in [9.17, 15) is 14.4 Å². The SMILES string of the molecule is CCCCCCCCCC(=O)OC[C@H](COC(=O)CCCCCCCCCCCCCC(C)C)OC(=O)CCCCCCCCCCCCCCCC(C)C. The molecular weight excluding hydrogens is 685 g/mol. The Bertz CT molecular complexity index is 839. The highest BCUT2D eigenvalue weighted by Crippen LogP contribution is 2.17. The lowest BCUT2D eigenvalue weighted by molar-refractivity contribution is -0.167. The first kappa shape index (κ1) is 53.4. The monoisotopic (exact) mass is 779 g/mol. The molecule has 0 aromatic rings. The maximum Gasteiger partial charge on any atom is 0.306 e. The molecule has 55 heavy (non-hydrogen) atoms. The molecule has 0 N–H and O–H groups in total. The zero-order chi connectivity index (χ0) is 40.5. The first-order valence-electron chi connectivity index (χ1n) is 24.2. The molecule has 0 rings (SSSR count). The molecule has 6 heteroatoms. The lowest BCUT2D eigenvalue weighted by Gasteiger charge is -2.18. The van der Waals surface area contributed by atoms with Crippen molar-refractivity contribution in [1.29, 1.82) is 0 Å². The van der Waals surface area contributed by atoms with E-state index < -0.39 is 6.10 Å². The number of hydrogen-bond acceptors (Lipinski definition) is 6. The molecule has 0 aliphatic rings. The summed E-state index contributed by atoms with van der Waals surface area (Å²) >= 11 is 0. The molecule has 0 fully saturated rings. The molecule has 0 bridgehead atoms. The lowest BCUT2D eigenvalue weighted by Crippen LogP contribution is -2.30. The maximum atomic E-state index is 12.7. The van der Waals surface area contributed by atoms with E-state index in [2.05, 4.69) is 34.6 Å². The van der Waals surface area contributed by atoms with Crippen LogP contribution in [0.3, 0.4) is 0 Å². The summed E-state index contributed by atoms with van der Waals surface area (Å²) in [5.74, 6) is 0.806. The second-order valence-corrected chi connectivity index (χ2v) is 17.7. The van der Waals surface area contributed by atoms with Crippen LogP contribution in [0.5, 0.6) is 0 Å². The van der Waals surface area contributed by atoms with Crippen LogP contribution in [0.2, 0.25) is 0 Å². The summed E-state index contributed by atoms with van der Waals surface area (Å²) in [5, 5.41) is 0. The number of hydrogen-bond donors (Lipinski definition) is 0. The third-order valence-corrected chi connectivity index (χ3v) is 11.0. The molecule has 0 radical (unpaired) electrons. The molecule has 0 heterocycles. The van der Waals surface area contributed by atoms with E-state index in [0.717, 1.165) is 69.6 Å². The molecule has 0 spiro atoms. The summed E-state index contributed by atoms with van der Waals surface area (Å²) in [6, 6.07) is 0. The second-order valence-electron chi connectivity index (χ2n) is 17.7. The Morgan fingerprint density at radius 1 is 0.345 bits per heavy atom. The van der Waals surface area contributed by atoms with Gasteiger partial charge in [-0.25, -0.2) is 0 Å². The van der Waals surface area contributed by atoms with Crippen molar-refractivity contribution >= 4 is 17.9 Å². The molecule has 0 aromatic carbocycles. The Kier molecular flexibility index (Phi) is 40.8. The van der Waals surface area contributed by atoms with Crippen molar-refractivity contribution in [2.24, 2.45) is 11.8 Å². The largest absolute Gasteiger partial charge is 0.462 e. The Balaban J connectivity index is 4.24. The standard InChI is InChI=1S/C49H94O6/c1-6-7-8-9-22-29-34-39-47(50)53-42-46(43-54-48(51)40-35-30-25-20-17-13-15-19-24-28-33-38-45(4)5)55-49(52)41-36-31-26-21-16-12-10-11-14-18-23-27-32-37-44(2)3/h44-46H,6-43H2,1-5H3/t46-/m1/s1. The van der Waals surface area contributed by atoms with Crippen LogP contribution in [0.15, 0.2) is 0 Å². The molecule has 0 amide bonds. The van der Waals surface area contributed by atoms with Crippen LogP contribution in [0.25, 0.3) is 0 Å². The number of carbonyl (C=O) groups is 3. The van der Waals surface area contributed by atoms with Gasteiger partial charge in [0.15, 0.2) is 6.10 Å². The van der Waals surface area contributed by atoms with Gasteiger partial charge in [0.2, 0.25) is 0 Å². The van der Waals surface area contributed by atoms with Gasteiger partial charge in [-0.1, -0.05) is 227 Å². The summed E-state index contributed by atoms with van der Waals surface area (Å²) < 4.78 is 16.7. The molecule has 0 aliphatic carbocycles. The van der Waals surface area contributed by atoms with Gasteiger partial charge in [0.25, 0.3) is 0 Å². The molecule has 326 valence electrons. The van der Waals surface area contributed by atoms with Gasteiger partial charge in [-0.2, -0.15) is 0 Å². The topological polar surface area (TPSA) is 78.9 Å². The van der Waals surface area contributed by atoms with Crippen molar-refractivity contribution < 1.29 is 28.6 Å². The van der Waals surface area contributed by atoms with Crippen LogP contribution in [-0.2, 0) is 28.6 Å². The van der Waals surface area contributed by atoms with E-state index >= 15 is 0 Å². The normalized spacial score (nSPS) is 12.1. The average molecular weight is 779 g/mol. The van der Waals surface area contributed by atoms with Crippen molar-refractivity contribution in [1.82, 2.24) is 0 Å². The van der Waals surface area contributed by atoms with Crippen molar-refractivity contribution in [2.45, 2.75) is 272 Å². The van der Waals surface area contributed by atoms with E-state index in [1.807, 2.05) is 0 Å². The molecule has 0 aromatic heterocycles. The first-order chi connectivity index (χ1) is 26.7. The van der Waals surface area contributed by atoms with E-state index in [4.69, 9.17) is 14.2 Å².